The summed E-state index contributed by atoms with van der Waals surface area (Å²) >= 11 is 1.77. The fraction of sp³-hybridized carbons (Fsp3) is 0.154. The topological polar surface area (TPSA) is 35.8 Å². The van der Waals surface area contributed by atoms with Crippen LogP contribution >= 0.6 is 11.8 Å². The summed E-state index contributed by atoms with van der Waals surface area (Å²) in [6.45, 7) is 0. The molecule has 0 radical (unpaired) electrons. The van der Waals surface area contributed by atoms with Crippen molar-refractivity contribution in [2.75, 3.05) is 5.32 Å². The predicted octanol–water partition coefficient (Wildman–Crippen LogP) is 3.52. The van der Waals surface area contributed by atoms with Gasteiger partial charge in [-0.1, -0.05) is 30.0 Å². The van der Waals surface area contributed by atoms with Crippen LogP contribution in [0.2, 0.25) is 0 Å². The van der Waals surface area contributed by atoms with E-state index in [4.69, 9.17) is 5.26 Å². The Kier molecular flexibility index (Phi) is 2.23. The Hall–Kier alpha value is -1.66. The Morgan fingerprint density at radius 3 is 3.12 bits per heavy atom. The van der Waals surface area contributed by atoms with Gasteiger partial charge in [0.1, 0.15) is 0 Å². The highest BCUT2D eigenvalue weighted by Gasteiger charge is 2.21. The van der Waals surface area contributed by atoms with Crippen molar-refractivity contribution in [3.8, 4) is 6.07 Å². The minimum atomic E-state index is 0.0112. The standard InChI is InChI=1S/C13H10N2S/c14-8-9-5-6-13-11(7-9)15-10-3-1-2-4-12(10)16-13/h1-6,9,15H,7H2. The van der Waals surface area contributed by atoms with Crippen molar-refractivity contribution < 1.29 is 0 Å². The third-order valence-electron chi connectivity index (χ3n) is 2.76. The van der Waals surface area contributed by atoms with Gasteiger partial charge in [-0.2, -0.15) is 5.26 Å². The van der Waals surface area contributed by atoms with Gasteiger partial charge in [-0.3, -0.25) is 0 Å². The molecule has 1 unspecified atom stereocenters. The average molecular weight is 226 g/mol. The van der Waals surface area contributed by atoms with Crippen LogP contribution in [0.1, 0.15) is 6.42 Å². The first kappa shape index (κ1) is 9.56. The first-order chi connectivity index (χ1) is 7.86. The Morgan fingerprint density at radius 2 is 2.25 bits per heavy atom. The zero-order valence-electron chi connectivity index (χ0n) is 8.60. The van der Waals surface area contributed by atoms with E-state index in [0.717, 1.165) is 12.1 Å². The van der Waals surface area contributed by atoms with Crippen molar-refractivity contribution >= 4 is 17.4 Å². The molecular weight excluding hydrogens is 216 g/mol. The first-order valence-corrected chi connectivity index (χ1v) is 6.03. The van der Waals surface area contributed by atoms with Crippen molar-refractivity contribution in [1.82, 2.24) is 0 Å². The molecule has 3 rings (SSSR count). The molecule has 1 N–H and O–H groups in total. The normalized spacial score (nSPS) is 21.8. The predicted molar refractivity (Wildman–Crippen MR) is 65.8 cm³/mol. The van der Waals surface area contributed by atoms with Gasteiger partial charge in [0, 0.05) is 21.9 Å². The molecular formula is C13H10N2S. The molecule has 1 aliphatic carbocycles. The highest BCUT2D eigenvalue weighted by atomic mass is 32.2. The summed E-state index contributed by atoms with van der Waals surface area (Å²) in [6, 6.07) is 10.5. The van der Waals surface area contributed by atoms with E-state index < -0.39 is 0 Å². The largest absolute Gasteiger partial charge is 0.357 e. The Balaban J connectivity index is 1.95. The van der Waals surface area contributed by atoms with Crippen LogP contribution in [0.3, 0.4) is 0 Å². The van der Waals surface area contributed by atoms with Crippen LogP contribution < -0.4 is 5.32 Å². The van der Waals surface area contributed by atoms with E-state index in [-0.39, 0.29) is 5.92 Å². The van der Waals surface area contributed by atoms with E-state index in [0.29, 0.717) is 0 Å². The molecule has 16 heavy (non-hydrogen) atoms. The average Bonchev–Trinajstić information content (AvgIpc) is 2.35. The summed E-state index contributed by atoms with van der Waals surface area (Å²) in [4.78, 5) is 2.49. The van der Waals surface area contributed by atoms with Gasteiger partial charge in [0.05, 0.1) is 17.7 Å². The molecule has 1 aromatic rings. The first-order valence-electron chi connectivity index (χ1n) is 5.22. The maximum absolute atomic E-state index is 8.92. The summed E-state index contributed by atoms with van der Waals surface area (Å²) in [7, 11) is 0. The molecule has 1 aromatic carbocycles. The van der Waals surface area contributed by atoms with Crippen molar-refractivity contribution in [1.29, 1.82) is 5.26 Å². The van der Waals surface area contributed by atoms with E-state index in [1.54, 1.807) is 11.8 Å². The zero-order valence-corrected chi connectivity index (χ0v) is 9.42. The maximum Gasteiger partial charge on any atom is 0.0701 e. The third-order valence-corrected chi connectivity index (χ3v) is 3.94. The number of nitrogens with zero attached hydrogens (tertiary/aromatic N) is 1. The molecule has 78 valence electrons. The summed E-state index contributed by atoms with van der Waals surface area (Å²) in [6.07, 6.45) is 4.84. The molecule has 0 saturated heterocycles. The fourth-order valence-corrected chi connectivity index (χ4v) is 2.95. The maximum atomic E-state index is 8.92. The number of rotatable bonds is 0. The third kappa shape index (κ3) is 1.52. The van der Waals surface area contributed by atoms with Gasteiger partial charge in [-0.15, -0.1) is 0 Å². The van der Waals surface area contributed by atoms with E-state index in [1.807, 2.05) is 18.2 Å². The number of thioether (sulfide) groups is 1. The Bertz CT molecular complexity index is 537. The van der Waals surface area contributed by atoms with E-state index >= 15 is 0 Å². The van der Waals surface area contributed by atoms with Gasteiger partial charge >= 0.3 is 0 Å². The molecule has 0 saturated carbocycles. The highest BCUT2D eigenvalue weighted by molar-refractivity contribution is 8.03. The molecule has 1 aliphatic heterocycles. The van der Waals surface area contributed by atoms with Crippen LogP contribution in [0.5, 0.6) is 0 Å². The number of anilines is 1. The van der Waals surface area contributed by atoms with Crippen LogP contribution in [-0.4, -0.2) is 0 Å². The number of fused-ring (bicyclic) bond motifs is 1. The fourth-order valence-electron chi connectivity index (χ4n) is 1.93. The van der Waals surface area contributed by atoms with Gasteiger partial charge < -0.3 is 5.32 Å². The van der Waals surface area contributed by atoms with Gasteiger partial charge in [-0.25, -0.2) is 0 Å². The van der Waals surface area contributed by atoms with Crippen molar-refractivity contribution in [3.63, 3.8) is 0 Å². The molecule has 0 amide bonds. The van der Waals surface area contributed by atoms with Crippen LogP contribution in [0.4, 0.5) is 5.69 Å². The van der Waals surface area contributed by atoms with Gasteiger partial charge in [0.25, 0.3) is 0 Å². The minimum absolute atomic E-state index is 0.0112. The smallest absolute Gasteiger partial charge is 0.0701 e. The van der Waals surface area contributed by atoms with E-state index in [2.05, 4.69) is 29.6 Å². The SMILES string of the molecule is N#CC1C=CC2=C(C1)Nc1ccccc1S2. The quantitative estimate of drug-likeness (QED) is 0.735. The molecule has 1 atom stereocenters. The van der Waals surface area contributed by atoms with Crippen LogP contribution in [-0.2, 0) is 0 Å². The minimum Gasteiger partial charge on any atom is -0.357 e. The number of nitriles is 1. The number of nitrogens with one attached hydrogen (secondary N) is 1. The van der Waals surface area contributed by atoms with E-state index in [1.165, 1.54) is 15.5 Å². The lowest BCUT2D eigenvalue weighted by molar-refractivity contribution is 0.796. The summed E-state index contributed by atoms with van der Waals surface area (Å²) < 4.78 is 0. The number of allylic oxidation sites excluding steroid dienone is 3. The molecule has 0 fully saturated rings. The van der Waals surface area contributed by atoms with Gasteiger partial charge in [0.2, 0.25) is 0 Å². The Labute approximate surface area is 98.7 Å². The molecule has 2 aliphatic rings. The monoisotopic (exact) mass is 226 g/mol. The van der Waals surface area contributed by atoms with Crippen molar-refractivity contribution in [3.05, 3.63) is 47.0 Å². The van der Waals surface area contributed by atoms with Crippen molar-refractivity contribution in [2.24, 2.45) is 5.92 Å². The second-order valence-electron chi connectivity index (χ2n) is 3.86. The molecule has 0 aromatic heterocycles. The molecule has 3 heteroatoms. The van der Waals surface area contributed by atoms with Crippen LogP contribution in [0, 0.1) is 17.2 Å². The Morgan fingerprint density at radius 1 is 1.38 bits per heavy atom. The molecule has 0 bridgehead atoms. The zero-order chi connectivity index (χ0) is 11.0. The summed E-state index contributed by atoms with van der Waals surface area (Å²) in [5, 5.41) is 12.3. The number of para-hydroxylation sites is 1. The van der Waals surface area contributed by atoms with E-state index in [9.17, 15) is 0 Å². The van der Waals surface area contributed by atoms with Gasteiger partial charge in [-0.05, 0) is 18.2 Å². The second-order valence-corrected chi connectivity index (χ2v) is 4.95. The lowest BCUT2D eigenvalue weighted by Crippen LogP contribution is -2.13. The molecule has 0 spiro atoms. The molecule has 1 heterocycles. The number of hydrogen-bond donors (Lipinski definition) is 1. The summed E-state index contributed by atoms with van der Waals surface area (Å²) in [5.74, 6) is 0.0112. The van der Waals surface area contributed by atoms with Crippen LogP contribution in [0.15, 0.2) is 51.9 Å². The number of hydrogen-bond acceptors (Lipinski definition) is 3. The van der Waals surface area contributed by atoms with Crippen LogP contribution in [0.25, 0.3) is 0 Å². The lowest BCUT2D eigenvalue weighted by atomic mass is 9.99. The lowest BCUT2D eigenvalue weighted by Gasteiger charge is -2.25. The van der Waals surface area contributed by atoms with Crippen molar-refractivity contribution in [2.45, 2.75) is 11.3 Å². The van der Waals surface area contributed by atoms with Gasteiger partial charge in [0.15, 0.2) is 0 Å². The summed E-state index contributed by atoms with van der Waals surface area (Å²) in [5.41, 5.74) is 2.33. The second kappa shape index (κ2) is 3.73. The number of benzene rings is 1. The molecule has 2 nitrogen and oxygen atoms in total. The highest BCUT2D eigenvalue weighted by Crippen LogP contribution is 2.43.